The minimum atomic E-state index is 0.335. The van der Waals surface area contributed by atoms with Crippen LogP contribution in [0.4, 0.5) is 0 Å². The highest BCUT2D eigenvalue weighted by molar-refractivity contribution is 5.51. The van der Waals surface area contributed by atoms with Crippen molar-refractivity contribution in [2.45, 2.75) is 40.0 Å². The third kappa shape index (κ3) is 9.24. The smallest absolute Gasteiger partial charge is 0.198 e. The van der Waals surface area contributed by atoms with Crippen LogP contribution in [0.15, 0.2) is 24.3 Å². The molecule has 0 bridgehead atoms. The number of rotatable bonds is 7. The van der Waals surface area contributed by atoms with Gasteiger partial charge in [-0.05, 0) is 24.7 Å². The van der Waals surface area contributed by atoms with E-state index in [2.05, 4.69) is 38.2 Å². The fourth-order valence-corrected chi connectivity index (χ4v) is 1.09. The highest BCUT2D eigenvalue weighted by Gasteiger charge is 1.93. The van der Waals surface area contributed by atoms with E-state index in [-0.39, 0.29) is 0 Å². The second kappa shape index (κ2) is 8.74. The quantitative estimate of drug-likeness (QED) is 0.445. The van der Waals surface area contributed by atoms with Crippen LogP contribution in [0.25, 0.3) is 0 Å². The zero-order valence-electron chi connectivity index (χ0n) is 9.49. The number of hydrogen-bond acceptors (Lipinski definition) is 1. The fourth-order valence-electron chi connectivity index (χ4n) is 1.09. The van der Waals surface area contributed by atoms with E-state index < -0.39 is 0 Å². The van der Waals surface area contributed by atoms with Crippen molar-refractivity contribution in [2.24, 2.45) is 11.8 Å². The van der Waals surface area contributed by atoms with E-state index in [1.54, 1.807) is 0 Å². The lowest BCUT2D eigenvalue weighted by Crippen LogP contribution is -1.88. The molecule has 0 rings (SSSR count). The summed E-state index contributed by atoms with van der Waals surface area (Å²) in [5, 5.41) is 0. The molecule has 1 radical (unpaired) electrons. The van der Waals surface area contributed by atoms with Crippen LogP contribution < -0.4 is 0 Å². The summed E-state index contributed by atoms with van der Waals surface area (Å²) in [6.07, 6.45) is 13.3. The van der Waals surface area contributed by atoms with Gasteiger partial charge in [0.25, 0.3) is 0 Å². The topological polar surface area (TPSA) is 17.1 Å². The second-order valence-electron chi connectivity index (χ2n) is 4.00. The van der Waals surface area contributed by atoms with Gasteiger partial charge in [0.15, 0.2) is 6.29 Å². The summed E-state index contributed by atoms with van der Waals surface area (Å²) in [4.78, 5) is 10.1. The Labute approximate surface area is 87.9 Å². The third-order valence-corrected chi connectivity index (χ3v) is 1.89. The molecule has 0 heterocycles. The first-order valence-corrected chi connectivity index (χ1v) is 5.35. The van der Waals surface area contributed by atoms with Crippen molar-refractivity contribution < 1.29 is 4.79 Å². The Hall–Kier alpha value is -0.850. The Morgan fingerprint density at radius 2 is 1.64 bits per heavy atom. The molecule has 0 aromatic carbocycles. The first-order chi connectivity index (χ1) is 6.66. The standard InChI is InChI=1S/C13H21O/c1-12(2)8-6-4-5-7-9-13(3)10-11-14/h6-9,12-13H,4-5,10H2,1-3H3. The van der Waals surface area contributed by atoms with Gasteiger partial charge < -0.3 is 0 Å². The van der Waals surface area contributed by atoms with Crippen molar-refractivity contribution in [1.29, 1.82) is 0 Å². The molecule has 0 aliphatic rings. The van der Waals surface area contributed by atoms with Crippen molar-refractivity contribution in [3.8, 4) is 0 Å². The number of hydrogen-bond donors (Lipinski definition) is 0. The summed E-state index contributed by atoms with van der Waals surface area (Å²) >= 11 is 0. The SMILES string of the molecule is CC(C)C=CCCC=CC(C)C[C]=O. The highest BCUT2D eigenvalue weighted by Crippen LogP contribution is 2.04. The summed E-state index contributed by atoms with van der Waals surface area (Å²) < 4.78 is 0. The monoisotopic (exact) mass is 193 g/mol. The minimum Gasteiger partial charge on any atom is -0.291 e. The van der Waals surface area contributed by atoms with Crippen molar-refractivity contribution in [3.63, 3.8) is 0 Å². The number of carbonyl (C=O) groups excluding carboxylic acids is 1. The Morgan fingerprint density at radius 1 is 1.07 bits per heavy atom. The van der Waals surface area contributed by atoms with Crippen molar-refractivity contribution >= 4 is 6.29 Å². The lowest BCUT2D eigenvalue weighted by atomic mass is 10.1. The van der Waals surface area contributed by atoms with E-state index in [0.717, 1.165) is 12.8 Å². The van der Waals surface area contributed by atoms with Crippen LogP contribution in [0.1, 0.15) is 40.0 Å². The van der Waals surface area contributed by atoms with Crippen LogP contribution >= 0.6 is 0 Å². The minimum absolute atomic E-state index is 0.335. The molecule has 0 saturated carbocycles. The van der Waals surface area contributed by atoms with Gasteiger partial charge in [-0.25, -0.2) is 0 Å². The molecule has 0 N–H and O–H groups in total. The Morgan fingerprint density at radius 3 is 2.14 bits per heavy atom. The summed E-state index contributed by atoms with van der Waals surface area (Å²) in [5.74, 6) is 0.976. The van der Waals surface area contributed by atoms with Gasteiger partial charge >= 0.3 is 0 Å². The molecule has 0 aromatic rings. The molecule has 0 aliphatic heterocycles. The lowest BCUT2D eigenvalue weighted by Gasteiger charge is -1.97. The van der Waals surface area contributed by atoms with Gasteiger partial charge in [-0.3, -0.25) is 4.79 Å². The molecular formula is C13H21O. The maximum absolute atomic E-state index is 10.1. The molecule has 14 heavy (non-hydrogen) atoms. The summed E-state index contributed by atoms with van der Waals surface area (Å²) in [6.45, 7) is 6.38. The first kappa shape index (κ1) is 13.2. The zero-order chi connectivity index (χ0) is 10.8. The van der Waals surface area contributed by atoms with E-state index in [1.807, 2.05) is 13.2 Å². The van der Waals surface area contributed by atoms with E-state index in [1.165, 1.54) is 0 Å². The molecule has 0 saturated heterocycles. The molecule has 1 nitrogen and oxygen atoms in total. The van der Waals surface area contributed by atoms with Crippen molar-refractivity contribution in [1.82, 2.24) is 0 Å². The van der Waals surface area contributed by atoms with Gasteiger partial charge in [-0.1, -0.05) is 45.1 Å². The van der Waals surface area contributed by atoms with Gasteiger partial charge in [0.2, 0.25) is 0 Å². The van der Waals surface area contributed by atoms with Crippen LogP contribution in [0.3, 0.4) is 0 Å². The van der Waals surface area contributed by atoms with Gasteiger partial charge in [-0.15, -0.1) is 0 Å². The molecular weight excluding hydrogens is 172 g/mol. The summed E-state index contributed by atoms with van der Waals surface area (Å²) in [6, 6.07) is 0. The second-order valence-corrected chi connectivity index (χ2v) is 4.00. The third-order valence-electron chi connectivity index (χ3n) is 1.89. The molecule has 0 fully saturated rings. The summed E-state index contributed by atoms with van der Waals surface area (Å²) in [5.41, 5.74) is 0. The van der Waals surface area contributed by atoms with Crippen molar-refractivity contribution in [3.05, 3.63) is 24.3 Å². The Balaban J connectivity index is 3.48. The molecule has 1 heteroatoms. The molecule has 0 aromatic heterocycles. The fraction of sp³-hybridized carbons (Fsp3) is 0.615. The van der Waals surface area contributed by atoms with Crippen LogP contribution in [-0.4, -0.2) is 6.29 Å². The molecule has 0 amide bonds. The maximum Gasteiger partial charge on any atom is 0.198 e. The van der Waals surface area contributed by atoms with E-state index >= 15 is 0 Å². The Kier molecular flexibility index (Phi) is 8.20. The average molecular weight is 193 g/mol. The molecule has 1 atom stereocenters. The predicted octanol–water partition coefficient (Wildman–Crippen LogP) is 3.67. The molecule has 79 valence electrons. The van der Waals surface area contributed by atoms with Gasteiger partial charge in [0.1, 0.15) is 0 Å². The molecule has 0 spiro atoms. The predicted molar refractivity (Wildman–Crippen MR) is 61.8 cm³/mol. The van der Waals surface area contributed by atoms with Crippen LogP contribution in [-0.2, 0) is 4.79 Å². The van der Waals surface area contributed by atoms with Crippen LogP contribution in [0.2, 0.25) is 0 Å². The maximum atomic E-state index is 10.1. The van der Waals surface area contributed by atoms with Gasteiger partial charge in [0.05, 0.1) is 0 Å². The van der Waals surface area contributed by atoms with E-state index in [4.69, 9.17) is 0 Å². The average Bonchev–Trinajstić information content (AvgIpc) is 2.11. The normalized spacial score (nSPS) is 14.3. The van der Waals surface area contributed by atoms with Crippen LogP contribution in [0.5, 0.6) is 0 Å². The number of unbranched alkanes of at least 4 members (excludes halogenated alkanes) is 1. The first-order valence-electron chi connectivity index (χ1n) is 5.35. The van der Waals surface area contributed by atoms with Crippen molar-refractivity contribution in [2.75, 3.05) is 0 Å². The highest BCUT2D eigenvalue weighted by atomic mass is 16.1. The summed E-state index contributed by atoms with van der Waals surface area (Å²) in [7, 11) is 0. The van der Waals surface area contributed by atoms with Gasteiger partial charge in [0, 0.05) is 6.42 Å². The molecule has 1 unspecified atom stereocenters. The van der Waals surface area contributed by atoms with E-state index in [0.29, 0.717) is 18.3 Å². The lowest BCUT2D eigenvalue weighted by molar-refractivity contribution is 0.542. The van der Waals surface area contributed by atoms with E-state index in [9.17, 15) is 4.79 Å². The van der Waals surface area contributed by atoms with Gasteiger partial charge in [-0.2, -0.15) is 0 Å². The number of allylic oxidation sites excluding steroid dienone is 4. The molecule has 0 aliphatic carbocycles. The Bertz CT molecular complexity index is 189. The largest absolute Gasteiger partial charge is 0.291 e. The van der Waals surface area contributed by atoms with Crippen LogP contribution in [0, 0.1) is 11.8 Å². The zero-order valence-corrected chi connectivity index (χ0v) is 9.49.